The number of nitrogens with one attached hydrogen (secondary N) is 2. The Morgan fingerprint density at radius 1 is 1.21 bits per heavy atom. The zero-order valence-corrected chi connectivity index (χ0v) is 15.6. The van der Waals surface area contributed by atoms with Gasteiger partial charge in [-0.25, -0.2) is 9.07 Å². The molecule has 1 amide bonds. The molecule has 28 heavy (non-hydrogen) atoms. The molecule has 0 aliphatic heterocycles. The van der Waals surface area contributed by atoms with Crippen molar-refractivity contribution in [3.63, 3.8) is 0 Å². The van der Waals surface area contributed by atoms with Crippen molar-refractivity contribution in [3.8, 4) is 0 Å². The summed E-state index contributed by atoms with van der Waals surface area (Å²) in [6, 6.07) is 6.55. The first-order valence-electron chi connectivity index (χ1n) is 8.78. The summed E-state index contributed by atoms with van der Waals surface area (Å²) in [4.78, 5) is 37.1. The van der Waals surface area contributed by atoms with Crippen molar-refractivity contribution in [3.05, 3.63) is 68.1 Å². The Bertz CT molecular complexity index is 1110. The molecule has 2 aromatic heterocycles. The maximum Gasteiger partial charge on any atom is 0.276 e. The van der Waals surface area contributed by atoms with Gasteiger partial charge in [0.1, 0.15) is 5.82 Å². The first-order chi connectivity index (χ1) is 13.4. The number of carbonyl (C=O) groups excluding carboxylic acids is 1. The lowest BCUT2D eigenvalue weighted by Gasteiger charge is -2.11. The number of H-pyrrole nitrogens is 1. The minimum absolute atomic E-state index is 0.185. The fourth-order valence-electron chi connectivity index (χ4n) is 3.06. The summed E-state index contributed by atoms with van der Waals surface area (Å²) < 4.78 is 20.8. The van der Waals surface area contributed by atoms with E-state index >= 15 is 0 Å². The molecule has 8 nitrogen and oxygen atoms in total. The number of carbonyl (C=O) groups is 1. The van der Waals surface area contributed by atoms with Crippen LogP contribution < -0.4 is 16.4 Å². The molecular weight excluding hydrogens is 367 g/mol. The smallest absolute Gasteiger partial charge is 0.276 e. The number of hydrogen-bond donors (Lipinski definition) is 2. The van der Waals surface area contributed by atoms with Gasteiger partial charge in [0, 0.05) is 37.5 Å². The predicted molar refractivity (Wildman–Crippen MR) is 102 cm³/mol. The van der Waals surface area contributed by atoms with Gasteiger partial charge < -0.3 is 14.6 Å². The number of fused-ring (bicyclic) bond motifs is 1. The number of halogens is 1. The molecule has 3 aromatic rings. The predicted octanol–water partition coefficient (Wildman–Crippen LogP) is 1.02. The summed E-state index contributed by atoms with van der Waals surface area (Å²) in [5.41, 5.74) is 0.813. The molecule has 0 aliphatic carbocycles. The van der Waals surface area contributed by atoms with Crippen LogP contribution in [0, 0.1) is 12.7 Å². The number of nitrogens with zero attached hydrogens (tertiary/aromatic N) is 2. The molecule has 0 spiro atoms. The van der Waals surface area contributed by atoms with Crippen LogP contribution in [0.2, 0.25) is 0 Å². The molecule has 9 heteroatoms. The van der Waals surface area contributed by atoms with Crippen LogP contribution in [-0.2, 0) is 17.8 Å². The molecular formula is C19H21FN4O4. The van der Waals surface area contributed by atoms with Crippen LogP contribution in [-0.4, -0.2) is 40.5 Å². The van der Waals surface area contributed by atoms with E-state index in [1.165, 1.54) is 39.6 Å². The Morgan fingerprint density at radius 2 is 1.93 bits per heavy atom. The van der Waals surface area contributed by atoms with Crippen molar-refractivity contribution in [2.45, 2.75) is 20.0 Å². The quantitative estimate of drug-likeness (QED) is 0.631. The molecule has 0 radical (unpaired) electrons. The zero-order valence-electron chi connectivity index (χ0n) is 15.6. The largest absolute Gasteiger partial charge is 0.383 e. The molecule has 0 bridgehead atoms. The fraction of sp³-hybridized carbons (Fsp3) is 0.316. The van der Waals surface area contributed by atoms with Gasteiger partial charge in [0.25, 0.3) is 17.0 Å². The van der Waals surface area contributed by atoms with Crippen molar-refractivity contribution in [2.24, 2.45) is 0 Å². The third-order valence-electron chi connectivity index (χ3n) is 4.53. The van der Waals surface area contributed by atoms with Crippen LogP contribution in [0.5, 0.6) is 0 Å². The van der Waals surface area contributed by atoms with Gasteiger partial charge in [-0.3, -0.25) is 19.5 Å². The van der Waals surface area contributed by atoms with Crippen molar-refractivity contribution >= 4 is 16.8 Å². The summed E-state index contributed by atoms with van der Waals surface area (Å²) >= 11 is 0. The number of methoxy groups -OCH3 is 1. The van der Waals surface area contributed by atoms with Crippen LogP contribution >= 0.6 is 0 Å². The summed E-state index contributed by atoms with van der Waals surface area (Å²) in [7, 11) is 1.54. The average Bonchev–Trinajstić information content (AvgIpc) is 2.98. The van der Waals surface area contributed by atoms with Crippen molar-refractivity contribution in [1.82, 2.24) is 19.7 Å². The highest BCUT2D eigenvalue weighted by molar-refractivity contribution is 5.94. The first kappa shape index (κ1) is 19.6. The van der Waals surface area contributed by atoms with Crippen LogP contribution in [0.25, 0.3) is 10.9 Å². The number of aromatic nitrogens is 3. The molecule has 3 rings (SSSR count). The Kier molecular flexibility index (Phi) is 5.74. The first-order valence-corrected chi connectivity index (χ1v) is 8.78. The number of aryl methyl sites for hydroxylation is 1. The summed E-state index contributed by atoms with van der Waals surface area (Å²) in [5.74, 6) is -0.787. The van der Waals surface area contributed by atoms with Crippen molar-refractivity contribution in [1.29, 1.82) is 0 Å². The maximum atomic E-state index is 12.9. The van der Waals surface area contributed by atoms with E-state index in [9.17, 15) is 18.8 Å². The van der Waals surface area contributed by atoms with Crippen LogP contribution in [0.3, 0.4) is 0 Å². The molecule has 0 aliphatic rings. The molecule has 0 unspecified atom stereocenters. The summed E-state index contributed by atoms with van der Waals surface area (Å²) in [6.45, 7) is 2.80. The van der Waals surface area contributed by atoms with Gasteiger partial charge in [-0.1, -0.05) is 0 Å². The third kappa shape index (κ3) is 3.89. The summed E-state index contributed by atoms with van der Waals surface area (Å²) in [5, 5.41) is 6.04. The lowest BCUT2D eigenvalue weighted by atomic mass is 10.2. The lowest BCUT2D eigenvalue weighted by molar-refractivity contribution is 0.0952. The molecule has 0 atom stereocenters. The van der Waals surface area contributed by atoms with Gasteiger partial charge in [-0.05, 0) is 31.2 Å². The number of ether oxygens (including phenoxy) is 1. The fourth-order valence-corrected chi connectivity index (χ4v) is 3.06. The number of amides is 1. The molecule has 2 heterocycles. The van der Waals surface area contributed by atoms with Gasteiger partial charge >= 0.3 is 0 Å². The third-order valence-corrected chi connectivity index (χ3v) is 4.53. The second-order valence-corrected chi connectivity index (χ2v) is 6.33. The minimum Gasteiger partial charge on any atom is -0.383 e. The number of hydrogen-bond acceptors (Lipinski definition) is 4. The van der Waals surface area contributed by atoms with Crippen LogP contribution in [0.1, 0.15) is 16.1 Å². The highest BCUT2D eigenvalue weighted by Gasteiger charge is 2.14. The van der Waals surface area contributed by atoms with Gasteiger partial charge in [0.2, 0.25) is 0 Å². The molecule has 2 N–H and O–H groups in total. The minimum atomic E-state index is -0.422. The Labute approximate surface area is 159 Å². The van der Waals surface area contributed by atoms with Crippen LogP contribution in [0.15, 0.2) is 39.9 Å². The maximum absolute atomic E-state index is 12.9. The van der Waals surface area contributed by atoms with E-state index in [1.54, 1.807) is 14.0 Å². The topological polar surface area (TPSA) is 98.1 Å². The molecule has 148 valence electrons. The number of aromatic amines is 1. The second kappa shape index (κ2) is 8.22. The van der Waals surface area contributed by atoms with E-state index in [1.807, 2.05) is 0 Å². The van der Waals surface area contributed by atoms with Crippen molar-refractivity contribution in [2.75, 3.05) is 20.3 Å². The highest BCUT2D eigenvalue weighted by atomic mass is 19.1. The Hall–Kier alpha value is -3.20. The van der Waals surface area contributed by atoms with E-state index < -0.39 is 5.82 Å². The lowest BCUT2D eigenvalue weighted by Crippen LogP contribution is -2.32. The second-order valence-electron chi connectivity index (χ2n) is 6.33. The molecule has 0 saturated heterocycles. The van der Waals surface area contributed by atoms with Gasteiger partial charge in [0.15, 0.2) is 0 Å². The molecule has 0 fully saturated rings. The standard InChI is InChI=1S/C19H21FN4O4/c1-12-17-15(22-24(19(17)27)9-10-28-2)11-16(25)23(12)8-7-21-18(26)13-3-5-14(20)6-4-13/h3-6,11,22H,7-10H2,1-2H3,(H,21,26). The number of pyridine rings is 1. The Morgan fingerprint density at radius 3 is 2.61 bits per heavy atom. The van der Waals surface area contributed by atoms with Crippen LogP contribution in [0.4, 0.5) is 4.39 Å². The normalized spacial score (nSPS) is 11.1. The van der Waals surface area contributed by atoms with E-state index in [0.29, 0.717) is 35.3 Å². The van der Waals surface area contributed by atoms with Gasteiger partial charge in [0.05, 0.1) is 24.1 Å². The van der Waals surface area contributed by atoms with E-state index in [0.717, 1.165) is 0 Å². The monoisotopic (exact) mass is 388 g/mol. The van der Waals surface area contributed by atoms with Gasteiger partial charge in [-0.2, -0.15) is 0 Å². The molecule has 0 saturated carbocycles. The summed E-state index contributed by atoms with van der Waals surface area (Å²) in [6.07, 6.45) is 0. The Balaban J connectivity index is 1.78. The number of rotatable bonds is 7. The number of benzene rings is 1. The van der Waals surface area contributed by atoms with E-state index in [2.05, 4.69) is 10.4 Å². The van der Waals surface area contributed by atoms with E-state index in [4.69, 9.17) is 4.74 Å². The average molecular weight is 388 g/mol. The van der Waals surface area contributed by atoms with Crippen molar-refractivity contribution < 1.29 is 13.9 Å². The zero-order chi connectivity index (χ0) is 20.3. The van der Waals surface area contributed by atoms with Gasteiger partial charge in [-0.15, -0.1) is 0 Å². The SMILES string of the molecule is COCCn1[nH]c2cc(=O)n(CCNC(=O)c3ccc(F)cc3)c(C)c2c1=O. The highest BCUT2D eigenvalue weighted by Crippen LogP contribution is 2.10. The molecule has 1 aromatic carbocycles. The van der Waals surface area contributed by atoms with E-state index in [-0.39, 0.29) is 30.1 Å².